The molecule has 0 spiro atoms. The zero-order valence-corrected chi connectivity index (χ0v) is 9.59. The normalized spacial score (nSPS) is 18.5. The Morgan fingerprint density at radius 2 is 2.15 bits per heavy atom. The van der Waals surface area contributed by atoms with Crippen LogP contribution in [0.4, 0.5) is 0 Å². The Morgan fingerprint density at radius 3 is 2.62 bits per heavy atom. The van der Waals surface area contributed by atoms with Gasteiger partial charge in [-0.2, -0.15) is 11.8 Å². The highest BCUT2D eigenvalue weighted by Gasteiger charge is 2.15. The lowest BCUT2D eigenvalue weighted by molar-refractivity contribution is 0.385. The van der Waals surface area contributed by atoms with Crippen molar-refractivity contribution in [1.29, 1.82) is 0 Å². The lowest BCUT2D eigenvalue weighted by atomic mass is 10.1. The van der Waals surface area contributed by atoms with Crippen molar-refractivity contribution >= 4 is 21.6 Å². The Kier molecular flexibility index (Phi) is 4.55. The van der Waals surface area contributed by atoms with E-state index in [1.165, 1.54) is 12.0 Å². The van der Waals surface area contributed by atoms with Gasteiger partial charge in [0.25, 0.3) is 0 Å². The van der Waals surface area contributed by atoms with E-state index in [9.17, 15) is 8.42 Å². The van der Waals surface area contributed by atoms with Gasteiger partial charge < -0.3 is 5.32 Å². The molecule has 1 fully saturated rings. The summed E-state index contributed by atoms with van der Waals surface area (Å²) in [5.41, 5.74) is 0. The maximum atomic E-state index is 10.8. The SMILES string of the molecule is CS(=O)(=O)CCCSCC1CNC1. The van der Waals surface area contributed by atoms with E-state index < -0.39 is 9.84 Å². The second-order valence-electron chi connectivity index (χ2n) is 3.58. The molecule has 0 aromatic rings. The molecular weight excluding hydrogens is 206 g/mol. The first kappa shape index (κ1) is 11.3. The molecule has 1 rings (SSSR count). The molecule has 1 heterocycles. The molecule has 78 valence electrons. The first-order chi connectivity index (χ1) is 6.08. The topological polar surface area (TPSA) is 46.2 Å². The second-order valence-corrected chi connectivity index (χ2v) is 6.99. The number of thioether (sulfide) groups is 1. The van der Waals surface area contributed by atoms with E-state index in [0.29, 0.717) is 5.75 Å². The highest BCUT2D eigenvalue weighted by atomic mass is 32.2. The smallest absolute Gasteiger partial charge is 0.147 e. The molecular formula is C8H17NO2S2. The molecule has 3 nitrogen and oxygen atoms in total. The summed E-state index contributed by atoms with van der Waals surface area (Å²) in [7, 11) is -2.74. The van der Waals surface area contributed by atoms with Gasteiger partial charge in [0.15, 0.2) is 0 Å². The monoisotopic (exact) mass is 223 g/mol. The molecule has 0 atom stereocenters. The average Bonchev–Trinajstić information content (AvgIpc) is 1.90. The van der Waals surface area contributed by atoms with Crippen LogP contribution in [0.3, 0.4) is 0 Å². The summed E-state index contributed by atoms with van der Waals surface area (Å²) in [5, 5.41) is 3.22. The Morgan fingerprint density at radius 1 is 1.46 bits per heavy atom. The van der Waals surface area contributed by atoms with Gasteiger partial charge in [-0.15, -0.1) is 0 Å². The first-order valence-electron chi connectivity index (χ1n) is 4.54. The predicted octanol–water partition coefficient (Wildman–Crippen LogP) is 0.374. The van der Waals surface area contributed by atoms with Crippen molar-refractivity contribution in [2.24, 2.45) is 5.92 Å². The van der Waals surface area contributed by atoms with Gasteiger partial charge in [-0.1, -0.05) is 0 Å². The van der Waals surface area contributed by atoms with Crippen LogP contribution in [-0.2, 0) is 9.84 Å². The largest absolute Gasteiger partial charge is 0.316 e. The maximum Gasteiger partial charge on any atom is 0.147 e. The maximum absolute atomic E-state index is 10.8. The minimum Gasteiger partial charge on any atom is -0.316 e. The van der Waals surface area contributed by atoms with E-state index in [2.05, 4.69) is 5.32 Å². The molecule has 0 aliphatic carbocycles. The molecule has 0 amide bonds. The Labute approximate surface area is 84.6 Å². The van der Waals surface area contributed by atoms with Crippen molar-refractivity contribution in [2.75, 3.05) is 36.6 Å². The van der Waals surface area contributed by atoms with E-state index in [0.717, 1.165) is 31.2 Å². The predicted molar refractivity (Wildman–Crippen MR) is 58.0 cm³/mol. The van der Waals surface area contributed by atoms with Crippen LogP contribution in [-0.4, -0.2) is 45.0 Å². The molecule has 0 bridgehead atoms. The van der Waals surface area contributed by atoms with E-state index in [1.54, 1.807) is 0 Å². The molecule has 0 radical (unpaired) electrons. The Bertz CT molecular complexity index is 235. The summed E-state index contributed by atoms with van der Waals surface area (Å²) < 4.78 is 21.6. The van der Waals surface area contributed by atoms with Gasteiger partial charge in [-0.25, -0.2) is 8.42 Å². The zero-order chi connectivity index (χ0) is 9.73. The van der Waals surface area contributed by atoms with Crippen LogP contribution < -0.4 is 5.32 Å². The van der Waals surface area contributed by atoms with Crippen molar-refractivity contribution in [3.05, 3.63) is 0 Å². The van der Waals surface area contributed by atoms with Crippen molar-refractivity contribution in [2.45, 2.75) is 6.42 Å². The number of rotatable bonds is 6. The third-order valence-electron chi connectivity index (χ3n) is 2.02. The lowest BCUT2D eigenvalue weighted by Crippen LogP contribution is -2.43. The molecule has 13 heavy (non-hydrogen) atoms. The van der Waals surface area contributed by atoms with Crippen molar-refractivity contribution in [3.63, 3.8) is 0 Å². The van der Waals surface area contributed by atoms with Gasteiger partial charge in [0.2, 0.25) is 0 Å². The summed E-state index contributed by atoms with van der Waals surface area (Å²) in [6.45, 7) is 2.28. The van der Waals surface area contributed by atoms with Crippen molar-refractivity contribution in [1.82, 2.24) is 5.32 Å². The van der Waals surface area contributed by atoms with Crippen LogP contribution in [0, 0.1) is 5.92 Å². The lowest BCUT2D eigenvalue weighted by Gasteiger charge is -2.26. The van der Waals surface area contributed by atoms with Gasteiger partial charge in [-0.05, 0) is 36.9 Å². The number of sulfone groups is 1. The molecule has 1 N–H and O–H groups in total. The highest BCUT2D eigenvalue weighted by Crippen LogP contribution is 2.13. The summed E-state index contributed by atoms with van der Waals surface area (Å²) >= 11 is 1.87. The Hall–Kier alpha value is 0.260. The summed E-state index contributed by atoms with van der Waals surface area (Å²) in [6, 6.07) is 0. The summed E-state index contributed by atoms with van der Waals surface area (Å²) in [4.78, 5) is 0. The minimum atomic E-state index is -2.74. The molecule has 1 aliphatic heterocycles. The van der Waals surface area contributed by atoms with E-state index in [-0.39, 0.29) is 0 Å². The van der Waals surface area contributed by atoms with E-state index in [4.69, 9.17) is 0 Å². The zero-order valence-electron chi connectivity index (χ0n) is 7.95. The van der Waals surface area contributed by atoms with Crippen LogP contribution in [0.15, 0.2) is 0 Å². The molecule has 0 aromatic carbocycles. The summed E-state index contributed by atoms with van der Waals surface area (Å²) in [5.74, 6) is 3.31. The molecule has 5 heteroatoms. The fourth-order valence-electron chi connectivity index (χ4n) is 1.14. The van der Waals surface area contributed by atoms with E-state index in [1.807, 2.05) is 11.8 Å². The molecule has 0 aromatic heterocycles. The molecule has 1 saturated heterocycles. The molecule has 0 unspecified atom stereocenters. The first-order valence-corrected chi connectivity index (χ1v) is 7.75. The summed E-state index contributed by atoms with van der Waals surface area (Å²) in [6.07, 6.45) is 2.09. The fourth-order valence-corrected chi connectivity index (χ4v) is 3.08. The van der Waals surface area contributed by atoms with Gasteiger partial charge >= 0.3 is 0 Å². The quantitative estimate of drug-likeness (QED) is 0.661. The third-order valence-corrected chi connectivity index (χ3v) is 4.34. The number of hydrogen-bond donors (Lipinski definition) is 1. The molecule has 1 aliphatic rings. The number of hydrogen-bond acceptors (Lipinski definition) is 4. The van der Waals surface area contributed by atoms with Crippen molar-refractivity contribution in [3.8, 4) is 0 Å². The highest BCUT2D eigenvalue weighted by molar-refractivity contribution is 7.99. The Balaban J connectivity index is 1.89. The second kappa shape index (κ2) is 5.22. The number of nitrogens with one attached hydrogen (secondary N) is 1. The van der Waals surface area contributed by atoms with E-state index >= 15 is 0 Å². The molecule has 0 saturated carbocycles. The minimum absolute atomic E-state index is 0.336. The van der Waals surface area contributed by atoms with Crippen LogP contribution in [0.25, 0.3) is 0 Å². The van der Waals surface area contributed by atoms with Gasteiger partial charge in [0, 0.05) is 6.26 Å². The third kappa shape index (κ3) is 5.54. The van der Waals surface area contributed by atoms with Crippen LogP contribution in [0.1, 0.15) is 6.42 Å². The van der Waals surface area contributed by atoms with Crippen LogP contribution in [0.5, 0.6) is 0 Å². The van der Waals surface area contributed by atoms with Gasteiger partial charge in [-0.3, -0.25) is 0 Å². The van der Waals surface area contributed by atoms with Crippen LogP contribution in [0.2, 0.25) is 0 Å². The van der Waals surface area contributed by atoms with Crippen molar-refractivity contribution < 1.29 is 8.42 Å². The fraction of sp³-hybridized carbons (Fsp3) is 1.00. The van der Waals surface area contributed by atoms with Crippen LogP contribution >= 0.6 is 11.8 Å². The standard InChI is InChI=1S/C8H17NO2S2/c1-13(10,11)4-2-3-12-7-8-5-9-6-8/h8-9H,2-7H2,1H3. The average molecular weight is 223 g/mol. The van der Waals surface area contributed by atoms with Gasteiger partial charge in [0.05, 0.1) is 5.75 Å². The van der Waals surface area contributed by atoms with Gasteiger partial charge in [0.1, 0.15) is 9.84 Å².